The van der Waals surface area contributed by atoms with Crippen LogP contribution in [0.15, 0.2) is 47.5 Å². The summed E-state index contributed by atoms with van der Waals surface area (Å²) in [5.41, 5.74) is 2.02. The minimum Gasteiger partial charge on any atom is -0.316 e. The number of nitrogens with one attached hydrogen (secondary N) is 1. The molecule has 0 saturated carbocycles. The molecule has 126 valence electrons. The van der Waals surface area contributed by atoms with Crippen LogP contribution < -0.4 is 5.32 Å². The van der Waals surface area contributed by atoms with Crippen LogP contribution in [0.4, 0.5) is 0 Å². The molecule has 1 aromatic carbocycles. The smallest absolute Gasteiger partial charge is 0.243 e. The van der Waals surface area contributed by atoms with Gasteiger partial charge in [-0.05, 0) is 48.4 Å². The third-order valence-corrected chi connectivity index (χ3v) is 6.93. The average molecular weight is 364 g/mol. The number of sulfonamides is 1. The van der Waals surface area contributed by atoms with Crippen molar-refractivity contribution in [3.8, 4) is 0 Å². The Kier molecular flexibility index (Phi) is 4.08. The summed E-state index contributed by atoms with van der Waals surface area (Å²) in [7, 11) is -3.56. The van der Waals surface area contributed by atoms with Gasteiger partial charge >= 0.3 is 0 Å². The minimum atomic E-state index is -3.56. The molecule has 0 unspecified atom stereocenters. The van der Waals surface area contributed by atoms with Crippen molar-refractivity contribution in [2.75, 3.05) is 19.6 Å². The number of fused-ring (bicyclic) bond motifs is 3. The molecule has 0 bridgehead atoms. The summed E-state index contributed by atoms with van der Waals surface area (Å²) in [6, 6.07) is 10.2. The van der Waals surface area contributed by atoms with Crippen LogP contribution in [0.3, 0.4) is 0 Å². The molecule has 0 spiro atoms. The second kappa shape index (κ2) is 6.11. The van der Waals surface area contributed by atoms with Gasteiger partial charge in [-0.3, -0.25) is 4.98 Å². The molecule has 1 N–H and O–H groups in total. The van der Waals surface area contributed by atoms with Crippen LogP contribution in [-0.4, -0.2) is 37.3 Å². The highest BCUT2D eigenvalue weighted by Crippen LogP contribution is 2.35. The van der Waals surface area contributed by atoms with Crippen molar-refractivity contribution >= 4 is 21.6 Å². The Labute approximate surface area is 146 Å². The molecule has 0 aliphatic carbocycles. The lowest BCUT2D eigenvalue weighted by Crippen LogP contribution is -2.35. The molecule has 2 aromatic rings. The van der Waals surface area contributed by atoms with Crippen molar-refractivity contribution in [3.05, 3.63) is 58.9 Å². The molecule has 2 aliphatic heterocycles. The van der Waals surface area contributed by atoms with Crippen LogP contribution in [0.2, 0.25) is 5.02 Å². The molecule has 24 heavy (non-hydrogen) atoms. The first-order chi connectivity index (χ1) is 11.6. The molecule has 1 aromatic heterocycles. The quantitative estimate of drug-likeness (QED) is 0.888. The second-order valence-electron chi connectivity index (χ2n) is 6.32. The van der Waals surface area contributed by atoms with E-state index < -0.39 is 10.0 Å². The Morgan fingerprint density at radius 3 is 2.75 bits per heavy atom. The zero-order valence-corrected chi connectivity index (χ0v) is 14.6. The molecule has 0 amide bonds. The molecule has 1 saturated heterocycles. The zero-order valence-electron chi connectivity index (χ0n) is 13.0. The lowest BCUT2D eigenvalue weighted by atomic mass is 9.91. The number of rotatable bonds is 2. The standard InChI is InChI=1S/C17H18ClN3O2S/c18-14-3-5-15(6-4-14)24(22,23)21-10-12-2-1-7-20-17(12)16-9-19-8-13(16)11-21/h1-7,13,16,19H,8-11H2/t13-,16+/m1/s1. The molecule has 5 nitrogen and oxygen atoms in total. The number of nitrogens with zero attached hydrogens (tertiary/aromatic N) is 2. The monoisotopic (exact) mass is 363 g/mol. The van der Waals surface area contributed by atoms with Crippen molar-refractivity contribution in [2.24, 2.45) is 5.92 Å². The van der Waals surface area contributed by atoms with E-state index >= 15 is 0 Å². The molecular formula is C17H18ClN3O2S. The average Bonchev–Trinajstić information content (AvgIpc) is 2.97. The minimum absolute atomic E-state index is 0.239. The number of hydrogen-bond acceptors (Lipinski definition) is 4. The third kappa shape index (κ3) is 2.73. The Hall–Kier alpha value is -1.47. The van der Waals surface area contributed by atoms with Gasteiger partial charge in [-0.15, -0.1) is 0 Å². The predicted molar refractivity (Wildman–Crippen MR) is 92.4 cm³/mol. The van der Waals surface area contributed by atoms with Gasteiger partial charge in [-0.2, -0.15) is 4.31 Å². The first-order valence-electron chi connectivity index (χ1n) is 7.96. The summed E-state index contributed by atoms with van der Waals surface area (Å²) in [5.74, 6) is 0.509. The largest absolute Gasteiger partial charge is 0.316 e. The van der Waals surface area contributed by atoms with Gasteiger partial charge in [0.15, 0.2) is 0 Å². The Morgan fingerprint density at radius 2 is 1.96 bits per heavy atom. The fraction of sp³-hybridized carbons (Fsp3) is 0.353. The SMILES string of the molecule is O=S(=O)(c1ccc(Cl)cc1)N1Cc2cccnc2[C@H]2CNC[C@@H]2C1. The van der Waals surface area contributed by atoms with Crippen LogP contribution in [0.25, 0.3) is 0 Å². The van der Waals surface area contributed by atoms with E-state index in [4.69, 9.17) is 11.6 Å². The second-order valence-corrected chi connectivity index (χ2v) is 8.70. The van der Waals surface area contributed by atoms with Crippen LogP contribution in [-0.2, 0) is 16.6 Å². The Bertz CT molecular complexity index is 854. The highest BCUT2D eigenvalue weighted by atomic mass is 35.5. The van der Waals surface area contributed by atoms with Gasteiger partial charge in [0.05, 0.1) is 4.90 Å². The number of aromatic nitrogens is 1. The fourth-order valence-corrected chi connectivity index (χ4v) is 5.22. The first kappa shape index (κ1) is 16.0. The Balaban J connectivity index is 1.75. The lowest BCUT2D eigenvalue weighted by Gasteiger charge is -2.23. The van der Waals surface area contributed by atoms with Gasteiger partial charge in [-0.1, -0.05) is 17.7 Å². The first-order valence-corrected chi connectivity index (χ1v) is 9.78. The topological polar surface area (TPSA) is 62.3 Å². The number of halogens is 1. The third-order valence-electron chi connectivity index (χ3n) is 4.85. The highest BCUT2D eigenvalue weighted by molar-refractivity contribution is 7.89. The molecule has 2 aliphatic rings. The fourth-order valence-electron chi connectivity index (χ4n) is 3.62. The summed E-state index contributed by atoms with van der Waals surface area (Å²) in [6.07, 6.45) is 1.79. The van der Waals surface area contributed by atoms with Gasteiger partial charge in [0.25, 0.3) is 0 Å². The lowest BCUT2D eigenvalue weighted by molar-refractivity contribution is 0.349. The zero-order chi connectivity index (χ0) is 16.7. The molecule has 1 fully saturated rings. The molecule has 2 atom stereocenters. The predicted octanol–water partition coefficient (Wildman–Crippen LogP) is 2.24. The van der Waals surface area contributed by atoms with Gasteiger partial charge in [0, 0.05) is 42.5 Å². The van der Waals surface area contributed by atoms with Crippen LogP contribution in [0, 0.1) is 5.92 Å². The van der Waals surface area contributed by atoms with E-state index in [0.717, 1.165) is 24.3 Å². The van der Waals surface area contributed by atoms with Crippen LogP contribution in [0.1, 0.15) is 17.2 Å². The molecular weight excluding hydrogens is 346 g/mol. The Morgan fingerprint density at radius 1 is 1.17 bits per heavy atom. The van der Waals surface area contributed by atoms with Gasteiger partial charge in [0.2, 0.25) is 10.0 Å². The normalized spacial score (nSPS) is 24.2. The van der Waals surface area contributed by atoms with Crippen molar-refractivity contribution < 1.29 is 8.42 Å². The van der Waals surface area contributed by atoms with Crippen molar-refractivity contribution in [1.29, 1.82) is 0 Å². The van der Waals surface area contributed by atoms with Crippen LogP contribution in [0.5, 0.6) is 0 Å². The van der Waals surface area contributed by atoms with E-state index in [1.165, 1.54) is 0 Å². The van der Waals surface area contributed by atoms with E-state index in [-0.39, 0.29) is 16.7 Å². The molecule has 3 heterocycles. The number of pyridine rings is 1. The van der Waals surface area contributed by atoms with E-state index in [9.17, 15) is 8.42 Å². The summed E-state index contributed by atoms with van der Waals surface area (Å²) in [5, 5.41) is 3.90. The van der Waals surface area contributed by atoms with Crippen LogP contribution >= 0.6 is 11.6 Å². The summed E-state index contributed by atoms with van der Waals surface area (Å²) in [4.78, 5) is 4.82. The van der Waals surface area contributed by atoms with Gasteiger partial charge in [-0.25, -0.2) is 8.42 Å². The van der Waals surface area contributed by atoms with Crippen molar-refractivity contribution in [3.63, 3.8) is 0 Å². The van der Waals surface area contributed by atoms with Gasteiger partial charge < -0.3 is 5.32 Å². The number of hydrogen-bond donors (Lipinski definition) is 1. The summed E-state index contributed by atoms with van der Waals surface area (Å²) in [6.45, 7) is 2.52. The van der Waals surface area contributed by atoms with Gasteiger partial charge in [0.1, 0.15) is 0 Å². The van der Waals surface area contributed by atoms with E-state index in [0.29, 0.717) is 18.1 Å². The molecule has 7 heteroatoms. The van der Waals surface area contributed by atoms with Crippen molar-refractivity contribution in [1.82, 2.24) is 14.6 Å². The maximum Gasteiger partial charge on any atom is 0.243 e. The highest BCUT2D eigenvalue weighted by Gasteiger charge is 2.39. The maximum absolute atomic E-state index is 13.1. The molecule has 0 radical (unpaired) electrons. The molecule has 4 rings (SSSR count). The summed E-state index contributed by atoms with van der Waals surface area (Å²) >= 11 is 5.89. The maximum atomic E-state index is 13.1. The van der Waals surface area contributed by atoms with E-state index in [2.05, 4.69) is 10.3 Å². The summed E-state index contributed by atoms with van der Waals surface area (Å²) < 4.78 is 27.8. The van der Waals surface area contributed by atoms with Crippen molar-refractivity contribution in [2.45, 2.75) is 17.4 Å². The van der Waals surface area contributed by atoms with E-state index in [1.807, 2.05) is 12.1 Å². The number of benzene rings is 1. The van der Waals surface area contributed by atoms with E-state index in [1.54, 1.807) is 34.8 Å².